The van der Waals surface area contributed by atoms with Gasteiger partial charge in [-0.2, -0.15) is 0 Å². The smallest absolute Gasteiger partial charge is 0.269 e. The van der Waals surface area contributed by atoms with Crippen LogP contribution >= 0.6 is 0 Å². The first-order valence-corrected chi connectivity index (χ1v) is 13.5. The lowest BCUT2D eigenvalue weighted by Gasteiger charge is -2.56. The van der Waals surface area contributed by atoms with E-state index in [1.165, 1.54) is 37.5 Å². The van der Waals surface area contributed by atoms with Crippen LogP contribution in [0.2, 0.25) is 0 Å². The maximum Gasteiger partial charge on any atom is 0.269 e. The first kappa shape index (κ1) is 22.9. The van der Waals surface area contributed by atoms with Crippen molar-refractivity contribution < 1.29 is 18.0 Å². The van der Waals surface area contributed by atoms with Crippen LogP contribution in [0.3, 0.4) is 0 Å². The molecule has 4 saturated carbocycles. The van der Waals surface area contributed by atoms with Crippen molar-refractivity contribution in [2.45, 2.75) is 56.8 Å². The summed E-state index contributed by atoms with van der Waals surface area (Å²) in [6.07, 6.45) is 7.80. The quantitative estimate of drug-likeness (QED) is 0.539. The Balaban J connectivity index is 1.18. The molecule has 2 aromatic rings. The highest BCUT2D eigenvalue weighted by molar-refractivity contribution is 7.92. The van der Waals surface area contributed by atoms with Crippen molar-refractivity contribution >= 4 is 27.5 Å². The molecule has 34 heavy (non-hydrogen) atoms. The van der Waals surface area contributed by atoms with Gasteiger partial charge >= 0.3 is 0 Å². The van der Waals surface area contributed by atoms with Crippen LogP contribution in [-0.4, -0.2) is 20.2 Å². The van der Waals surface area contributed by atoms with Gasteiger partial charge in [0.05, 0.1) is 4.90 Å². The van der Waals surface area contributed by atoms with Crippen LogP contribution in [0.25, 0.3) is 0 Å². The lowest BCUT2D eigenvalue weighted by atomic mass is 9.49. The number of hydrogen-bond donors (Lipinski definition) is 3. The molecule has 0 aromatic heterocycles. The van der Waals surface area contributed by atoms with E-state index in [1.807, 2.05) is 6.92 Å². The van der Waals surface area contributed by atoms with E-state index in [1.54, 1.807) is 30.3 Å². The second kappa shape index (κ2) is 8.73. The molecule has 0 aliphatic heterocycles. The molecule has 4 aliphatic rings. The number of amides is 2. The normalized spacial score (nSPS) is 27.3. The van der Waals surface area contributed by atoms with Gasteiger partial charge in [0.25, 0.3) is 15.9 Å². The van der Waals surface area contributed by atoms with Gasteiger partial charge in [-0.1, -0.05) is 23.8 Å². The molecule has 7 nitrogen and oxygen atoms in total. The number of anilines is 1. The minimum atomic E-state index is -3.78. The fourth-order valence-electron chi connectivity index (χ4n) is 6.75. The van der Waals surface area contributed by atoms with Gasteiger partial charge in [-0.15, -0.1) is 0 Å². The Labute approximate surface area is 200 Å². The number of carbonyl (C=O) groups excluding carboxylic acids is 2. The molecule has 0 radical (unpaired) electrons. The van der Waals surface area contributed by atoms with Gasteiger partial charge in [0.1, 0.15) is 0 Å². The van der Waals surface area contributed by atoms with Crippen LogP contribution in [0.5, 0.6) is 0 Å². The number of hydrogen-bond acceptors (Lipinski definition) is 4. The number of aryl methyl sites for hydroxylation is 1. The largest absolute Gasteiger partial charge is 0.280 e. The van der Waals surface area contributed by atoms with Crippen LogP contribution in [0.4, 0.5) is 5.69 Å². The highest BCUT2D eigenvalue weighted by atomic mass is 32.2. The minimum Gasteiger partial charge on any atom is -0.280 e. The number of sulfonamides is 1. The second-order valence-electron chi connectivity index (χ2n) is 10.6. The Morgan fingerprint density at radius 3 is 2.15 bits per heavy atom. The number of hydrazine groups is 1. The molecule has 2 amide bonds. The van der Waals surface area contributed by atoms with Crippen molar-refractivity contribution in [1.82, 2.24) is 10.9 Å². The molecule has 0 atom stereocenters. The zero-order valence-corrected chi connectivity index (χ0v) is 20.2. The van der Waals surface area contributed by atoms with E-state index in [-0.39, 0.29) is 27.5 Å². The lowest BCUT2D eigenvalue weighted by Crippen LogP contribution is -2.50. The van der Waals surface area contributed by atoms with Crippen LogP contribution in [0.15, 0.2) is 53.4 Å². The monoisotopic (exact) mass is 481 g/mol. The summed E-state index contributed by atoms with van der Waals surface area (Å²) < 4.78 is 27.8. The number of rotatable bonds is 6. The number of nitrogens with one attached hydrogen (secondary N) is 3. The van der Waals surface area contributed by atoms with Gasteiger partial charge in [0, 0.05) is 17.7 Å². The zero-order chi connectivity index (χ0) is 23.9. The van der Waals surface area contributed by atoms with E-state index in [0.717, 1.165) is 42.6 Å². The SMILES string of the molecule is Cc1ccc(S(=O)(=O)Nc2cccc(C(=O)NNC(=O)CC34CC5CC(CC(C5)C3)C4)c2)cc1. The van der Waals surface area contributed by atoms with E-state index in [4.69, 9.17) is 0 Å². The topological polar surface area (TPSA) is 104 Å². The number of carbonyl (C=O) groups is 2. The fourth-order valence-corrected chi connectivity index (χ4v) is 7.79. The molecular weight excluding hydrogens is 450 g/mol. The molecule has 4 fully saturated rings. The first-order chi connectivity index (χ1) is 16.2. The summed E-state index contributed by atoms with van der Waals surface area (Å²) in [4.78, 5) is 25.5. The average molecular weight is 482 g/mol. The predicted octanol–water partition coefficient (Wildman–Crippen LogP) is 4.16. The Hall–Kier alpha value is -2.87. The highest BCUT2D eigenvalue weighted by Gasteiger charge is 2.51. The maximum absolute atomic E-state index is 12.7. The summed E-state index contributed by atoms with van der Waals surface area (Å²) in [6.45, 7) is 1.88. The molecule has 8 heteroatoms. The average Bonchev–Trinajstić information content (AvgIpc) is 2.76. The molecule has 2 aromatic carbocycles. The predicted molar refractivity (Wildman–Crippen MR) is 129 cm³/mol. The summed E-state index contributed by atoms with van der Waals surface area (Å²) in [6, 6.07) is 12.7. The Morgan fingerprint density at radius 2 is 1.53 bits per heavy atom. The second-order valence-corrected chi connectivity index (χ2v) is 12.3. The molecule has 0 heterocycles. The molecule has 0 spiro atoms. The molecular formula is C26H31N3O4S. The standard InChI is InChI=1S/C26H31N3O4S/c1-17-5-7-23(8-6-17)34(32,33)29-22-4-2-3-21(12-22)25(31)28-27-24(30)16-26-13-18-9-19(14-26)11-20(10-18)15-26/h2-8,12,18-20,29H,9-11,13-16H2,1H3,(H,27,30)(H,28,31). The Kier molecular flexibility index (Phi) is 5.88. The summed E-state index contributed by atoms with van der Waals surface area (Å²) >= 11 is 0. The van der Waals surface area contributed by atoms with Gasteiger partial charge in [0.2, 0.25) is 5.91 Å². The van der Waals surface area contributed by atoms with Crippen molar-refractivity contribution in [1.29, 1.82) is 0 Å². The van der Waals surface area contributed by atoms with Gasteiger partial charge in [0.15, 0.2) is 0 Å². The van der Waals surface area contributed by atoms with E-state index < -0.39 is 15.9 Å². The van der Waals surface area contributed by atoms with Gasteiger partial charge in [-0.05, 0) is 98.9 Å². The van der Waals surface area contributed by atoms with Crippen LogP contribution in [-0.2, 0) is 14.8 Å². The van der Waals surface area contributed by atoms with E-state index in [0.29, 0.717) is 6.42 Å². The Morgan fingerprint density at radius 1 is 0.912 bits per heavy atom. The van der Waals surface area contributed by atoms with Crippen LogP contribution in [0.1, 0.15) is 60.9 Å². The summed E-state index contributed by atoms with van der Waals surface area (Å²) in [5.41, 5.74) is 6.65. The van der Waals surface area contributed by atoms with Crippen molar-refractivity contribution in [2.24, 2.45) is 23.2 Å². The Bertz CT molecular complexity index is 1170. The van der Waals surface area contributed by atoms with E-state index in [9.17, 15) is 18.0 Å². The molecule has 0 saturated heterocycles. The lowest BCUT2D eigenvalue weighted by molar-refractivity contribution is -0.130. The first-order valence-electron chi connectivity index (χ1n) is 12.0. The van der Waals surface area contributed by atoms with Crippen molar-refractivity contribution in [3.05, 3.63) is 59.7 Å². The molecule has 0 unspecified atom stereocenters. The van der Waals surface area contributed by atoms with E-state index in [2.05, 4.69) is 15.6 Å². The molecule has 4 bridgehead atoms. The fraction of sp³-hybridized carbons (Fsp3) is 0.462. The van der Waals surface area contributed by atoms with Crippen molar-refractivity contribution in [3.8, 4) is 0 Å². The zero-order valence-electron chi connectivity index (χ0n) is 19.3. The third kappa shape index (κ3) is 4.82. The summed E-state index contributed by atoms with van der Waals surface area (Å²) in [7, 11) is -3.78. The molecule has 180 valence electrons. The third-order valence-corrected chi connectivity index (χ3v) is 9.12. The third-order valence-electron chi connectivity index (χ3n) is 7.72. The van der Waals surface area contributed by atoms with E-state index >= 15 is 0 Å². The van der Waals surface area contributed by atoms with Crippen LogP contribution < -0.4 is 15.6 Å². The van der Waals surface area contributed by atoms with Gasteiger partial charge in [-0.3, -0.25) is 25.2 Å². The molecule has 6 rings (SSSR count). The van der Waals surface area contributed by atoms with Crippen LogP contribution in [0, 0.1) is 30.1 Å². The summed E-state index contributed by atoms with van der Waals surface area (Å²) in [5.74, 6) is 1.64. The number of benzene rings is 2. The minimum absolute atomic E-state index is 0.0950. The van der Waals surface area contributed by atoms with Crippen molar-refractivity contribution in [2.75, 3.05) is 4.72 Å². The maximum atomic E-state index is 12.7. The molecule has 3 N–H and O–H groups in total. The van der Waals surface area contributed by atoms with Gasteiger partial charge in [-0.25, -0.2) is 8.42 Å². The van der Waals surface area contributed by atoms with Crippen molar-refractivity contribution in [3.63, 3.8) is 0 Å². The highest BCUT2D eigenvalue weighted by Crippen LogP contribution is 2.61. The summed E-state index contributed by atoms with van der Waals surface area (Å²) in [5, 5.41) is 0. The molecule has 4 aliphatic carbocycles. The van der Waals surface area contributed by atoms with Gasteiger partial charge < -0.3 is 0 Å².